The number of nitro groups is 1. The van der Waals surface area contributed by atoms with Gasteiger partial charge in [-0.3, -0.25) is 30.1 Å². The maximum Gasteiger partial charge on any atom is 0.269 e. The van der Waals surface area contributed by atoms with Crippen LogP contribution in [0.3, 0.4) is 0 Å². The maximum atomic E-state index is 12.5. The predicted molar refractivity (Wildman–Crippen MR) is 110 cm³/mol. The van der Waals surface area contributed by atoms with E-state index in [2.05, 4.69) is 15.7 Å². The number of rotatable bonds is 7. The molecule has 0 saturated carbocycles. The molecule has 0 unspecified atom stereocenters. The van der Waals surface area contributed by atoms with Crippen molar-refractivity contribution >= 4 is 33.2 Å². The highest BCUT2D eigenvalue weighted by Crippen LogP contribution is 2.17. The van der Waals surface area contributed by atoms with Crippen molar-refractivity contribution in [3.8, 4) is 0 Å². The molecule has 3 aromatic rings. The number of aromatic nitrogens is 1. The molecule has 0 saturated heterocycles. The Labute approximate surface area is 176 Å². The summed E-state index contributed by atoms with van der Waals surface area (Å²) in [6, 6.07) is 13.3. The monoisotopic (exact) mass is 441 g/mol. The molecule has 0 aliphatic rings. The molecular formula is C19H15N5O6S. The van der Waals surface area contributed by atoms with E-state index in [9.17, 15) is 28.1 Å². The standard InChI is InChI=1S/C19H15N5O6S/c25-18(13-4-3-11-20-12-13)21-17-6-2-1-5-16(17)19(26)22-23-31(29,30)15-9-7-14(8-10-15)24(27)28/h1-12,23H,(H,21,25)(H,22,26). The molecule has 3 N–H and O–H groups in total. The van der Waals surface area contributed by atoms with Crippen molar-refractivity contribution < 1.29 is 22.9 Å². The Bertz CT molecular complexity index is 1230. The molecule has 11 nitrogen and oxygen atoms in total. The molecular weight excluding hydrogens is 426 g/mol. The van der Waals surface area contributed by atoms with Crippen LogP contribution in [0.4, 0.5) is 11.4 Å². The molecule has 2 amide bonds. The fourth-order valence-corrected chi connectivity index (χ4v) is 3.31. The molecule has 0 aliphatic carbocycles. The van der Waals surface area contributed by atoms with Crippen LogP contribution in [0.5, 0.6) is 0 Å². The lowest BCUT2D eigenvalue weighted by atomic mass is 10.1. The van der Waals surface area contributed by atoms with Gasteiger partial charge < -0.3 is 5.32 Å². The molecule has 31 heavy (non-hydrogen) atoms. The normalized spacial score (nSPS) is 10.8. The van der Waals surface area contributed by atoms with Gasteiger partial charge in [0.05, 0.1) is 26.6 Å². The van der Waals surface area contributed by atoms with Crippen molar-refractivity contribution in [2.45, 2.75) is 4.90 Å². The number of pyridine rings is 1. The van der Waals surface area contributed by atoms with E-state index in [4.69, 9.17) is 0 Å². The first-order valence-corrected chi connectivity index (χ1v) is 10.1. The summed E-state index contributed by atoms with van der Waals surface area (Å²) in [7, 11) is -4.18. The third-order valence-electron chi connectivity index (χ3n) is 4.00. The first-order valence-electron chi connectivity index (χ1n) is 8.65. The number of nitro benzene ring substituents is 1. The predicted octanol–water partition coefficient (Wildman–Crippen LogP) is 1.87. The van der Waals surface area contributed by atoms with Gasteiger partial charge in [0.25, 0.3) is 27.5 Å². The minimum atomic E-state index is -4.18. The Balaban J connectivity index is 1.72. The number of anilines is 1. The Kier molecular flexibility index (Phi) is 6.33. The van der Waals surface area contributed by atoms with Crippen LogP contribution >= 0.6 is 0 Å². The van der Waals surface area contributed by atoms with Crippen LogP contribution in [0.25, 0.3) is 0 Å². The molecule has 0 spiro atoms. The van der Waals surface area contributed by atoms with Crippen LogP contribution in [0, 0.1) is 10.1 Å². The van der Waals surface area contributed by atoms with E-state index in [-0.39, 0.29) is 27.4 Å². The van der Waals surface area contributed by atoms with E-state index in [1.807, 2.05) is 4.83 Å². The van der Waals surface area contributed by atoms with Gasteiger partial charge in [0, 0.05) is 24.5 Å². The molecule has 1 aromatic heterocycles. The average Bonchev–Trinajstić information content (AvgIpc) is 2.78. The van der Waals surface area contributed by atoms with Crippen LogP contribution in [-0.2, 0) is 10.0 Å². The number of para-hydroxylation sites is 1. The van der Waals surface area contributed by atoms with Gasteiger partial charge in [0.15, 0.2) is 0 Å². The highest BCUT2D eigenvalue weighted by atomic mass is 32.2. The Hall–Kier alpha value is -4.16. The lowest BCUT2D eigenvalue weighted by molar-refractivity contribution is -0.384. The summed E-state index contributed by atoms with van der Waals surface area (Å²) in [5.74, 6) is -1.33. The molecule has 0 radical (unpaired) electrons. The molecule has 1 heterocycles. The van der Waals surface area contributed by atoms with Gasteiger partial charge in [-0.2, -0.15) is 0 Å². The van der Waals surface area contributed by atoms with Gasteiger partial charge in [-0.1, -0.05) is 12.1 Å². The van der Waals surface area contributed by atoms with E-state index < -0.39 is 26.8 Å². The van der Waals surface area contributed by atoms with Crippen molar-refractivity contribution in [1.29, 1.82) is 0 Å². The second-order valence-electron chi connectivity index (χ2n) is 6.05. The number of hydrogen-bond acceptors (Lipinski definition) is 7. The number of nitrogens with zero attached hydrogens (tertiary/aromatic N) is 2. The van der Waals surface area contributed by atoms with Gasteiger partial charge in [-0.25, -0.2) is 8.42 Å². The number of nitrogens with one attached hydrogen (secondary N) is 3. The summed E-state index contributed by atoms with van der Waals surface area (Å²) in [5.41, 5.74) is 2.21. The molecule has 12 heteroatoms. The molecule has 158 valence electrons. The van der Waals surface area contributed by atoms with E-state index in [1.54, 1.807) is 24.3 Å². The van der Waals surface area contributed by atoms with Crippen LogP contribution in [-0.4, -0.2) is 30.1 Å². The number of hydrazine groups is 1. The zero-order valence-corrected chi connectivity index (χ0v) is 16.5. The summed E-state index contributed by atoms with van der Waals surface area (Å²) >= 11 is 0. The smallest absolute Gasteiger partial charge is 0.269 e. The quantitative estimate of drug-likeness (QED) is 0.372. The van der Waals surface area contributed by atoms with E-state index in [0.29, 0.717) is 0 Å². The molecule has 0 aliphatic heterocycles. The fourth-order valence-electron chi connectivity index (χ4n) is 2.47. The van der Waals surface area contributed by atoms with Gasteiger partial charge in [0.1, 0.15) is 0 Å². The van der Waals surface area contributed by atoms with Crippen molar-refractivity contribution in [2.24, 2.45) is 0 Å². The summed E-state index contributed by atoms with van der Waals surface area (Å²) < 4.78 is 24.6. The number of non-ortho nitro benzene ring substituents is 1. The lowest BCUT2D eigenvalue weighted by Crippen LogP contribution is -2.41. The van der Waals surface area contributed by atoms with Crippen LogP contribution in [0.2, 0.25) is 0 Å². The minimum Gasteiger partial charge on any atom is -0.321 e. The van der Waals surface area contributed by atoms with E-state index in [0.717, 1.165) is 24.3 Å². The maximum absolute atomic E-state index is 12.5. The minimum absolute atomic E-state index is 0.00569. The second-order valence-corrected chi connectivity index (χ2v) is 7.73. The van der Waals surface area contributed by atoms with Gasteiger partial charge in [0.2, 0.25) is 0 Å². The van der Waals surface area contributed by atoms with Gasteiger partial charge >= 0.3 is 0 Å². The highest BCUT2D eigenvalue weighted by Gasteiger charge is 2.19. The summed E-state index contributed by atoms with van der Waals surface area (Å²) in [6.07, 6.45) is 2.87. The summed E-state index contributed by atoms with van der Waals surface area (Å²) in [4.78, 5) is 40.3. The molecule has 0 atom stereocenters. The van der Waals surface area contributed by atoms with Crippen LogP contribution in [0.1, 0.15) is 20.7 Å². The zero-order valence-electron chi connectivity index (χ0n) is 15.7. The van der Waals surface area contributed by atoms with E-state index in [1.165, 1.54) is 24.5 Å². The Morgan fingerprint density at radius 2 is 1.65 bits per heavy atom. The Morgan fingerprint density at radius 1 is 0.935 bits per heavy atom. The lowest BCUT2D eigenvalue weighted by Gasteiger charge is -2.12. The Morgan fingerprint density at radius 3 is 2.29 bits per heavy atom. The van der Waals surface area contributed by atoms with Crippen molar-refractivity contribution in [2.75, 3.05) is 5.32 Å². The largest absolute Gasteiger partial charge is 0.321 e. The fraction of sp³-hybridized carbons (Fsp3) is 0. The third-order valence-corrected chi connectivity index (χ3v) is 5.26. The number of sulfonamides is 1. The highest BCUT2D eigenvalue weighted by molar-refractivity contribution is 7.89. The molecule has 2 aromatic carbocycles. The summed E-state index contributed by atoms with van der Waals surface area (Å²) in [6.45, 7) is 0. The number of carbonyl (C=O) groups excluding carboxylic acids is 2. The molecule has 3 rings (SSSR count). The van der Waals surface area contributed by atoms with Crippen LogP contribution in [0.15, 0.2) is 78.0 Å². The second kappa shape index (κ2) is 9.11. The molecule has 0 fully saturated rings. The first kappa shape index (κ1) is 21.5. The zero-order chi connectivity index (χ0) is 22.4. The van der Waals surface area contributed by atoms with Crippen LogP contribution < -0.4 is 15.6 Å². The number of hydrogen-bond donors (Lipinski definition) is 3. The van der Waals surface area contributed by atoms with Crippen molar-refractivity contribution in [3.63, 3.8) is 0 Å². The third kappa shape index (κ3) is 5.26. The van der Waals surface area contributed by atoms with Crippen molar-refractivity contribution in [1.82, 2.24) is 15.2 Å². The average molecular weight is 441 g/mol. The SMILES string of the molecule is O=C(Nc1ccccc1C(=O)NNS(=O)(=O)c1ccc([N+](=O)[O-])cc1)c1cccnc1. The van der Waals surface area contributed by atoms with Gasteiger partial charge in [-0.05, 0) is 36.4 Å². The number of carbonyl (C=O) groups is 2. The van der Waals surface area contributed by atoms with Crippen molar-refractivity contribution in [3.05, 3.63) is 94.3 Å². The topological polar surface area (TPSA) is 160 Å². The number of benzene rings is 2. The van der Waals surface area contributed by atoms with Gasteiger partial charge in [-0.15, -0.1) is 4.83 Å². The number of amides is 2. The van der Waals surface area contributed by atoms with E-state index >= 15 is 0 Å². The first-order chi connectivity index (χ1) is 14.8. The summed E-state index contributed by atoms with van der Waals surface area (Å²) in [5, 5.41) is 13.3. The molecule has 0 bridgehead atoms.